The van der Waals surface area contributed by atoms with E-state index in [9.17, 15) is 9.59 Å². The minimum absolute atomic E-state index is 0.0454. The largest absolute Gasteiger partial charge is 0.327 e. The number of hydrogen-bond acceptors (Lipinski definition) is 3. The molecule has 1 heterocycles. The normalized spacial score (nSPS) is 19.1. The van der Waals surface area contributed by atoms with Gasteiger partial charge in [-0.05, 0) is 25.5 Å². The fourth-order valence-electron chi connectivity index (χ4n) is 1.59. The lowest BCUT2D eigenvalue weighted by molar-refractivity contribution is -0.112. The maximum atomic E-state index is 11.6. The zero-order chi connectivity index (χ0) is 12.3. The van der Waals surface area contributed by atoms with Crippen LogP contribution < -0.4 is 10.6 Å². The maximum Gasteiger partial charge on any atom is 0.319 e. The number of amides is 2. The minimum Gasteiger partial charge on any atom is -0.327 e. The van der Waals surface area contributed by atoms with Crippen LogP contribution in [0.15, 0.2) is 24.3 Å². The van der Waals surface area contributed by atoms with Crippen LogP contribution in [0.1, 0.15) is 12.0 Å². The maximum absolute atomic E-state index is 11.6. The third-order valence-corrected chi connectivity index (χ3v) is 3.56. The van der Waals surface area contributed by atoms with Crippen LogP contribution in [0.3, 0.4) is 0 Å². The molecule has 17 heavy (non-hydrogen) atoms. The number of aryl methyl sites for hydroxylation is 1. The molecule has 2 rings (SSSR count). The monoisotopic (exact) mass is 250 g/mol. The summed E-state index contributed by atoms with van der Waals surface area (Å²) in [7, 11) is 0. The van der Waals surface area contributed by atoms with Gasteiger partial charge in [-0.25, -0.2) is 4.79 Å². The molecule has 1 fully saturated rings. The molecule has 0 aliphatic carbocycles. The van der Waals surface area contributed by atoms with Crippen LogP contribution >= 0.6 is 11.8 Å². The Morgan fingerprint density at radius 3 is 2.65 bits per heavy atom. The van der Waals surface area contributed by atoms with Gasteiger partial charge in [0.25, 0.3) is 0 Å². The van der Waals surface area contributed by atoms with Crippen LogP contribution in [-0.2, 0) is 4.79 Å². The lowest BCUT2D eigenvalue weighted by Gasteiger charge is -2.11. The van der Waals surface area contributed by atoms with Crippen molar-refractivity contribution in [3.8, 4) is 0 Å². The van der Waals surface area contributed by atoms with E-state index in [1.165, 1.54) is 11.8 Å². The van der Waals surface area contributed by atoms with E-state index in [0.29, 0.717) is 6.42 Å². The summed E-state index contributed by atoms with van der Waals surface area (Å²) >= 11 is 1.27. The van der Waals surface area contributed by atoms with E-state index in [-0.39, 0.29) is 17.2 Å². The van der Waals surface area contributed by atoms with Crippen molar-refractivity contribution >= 4 is 28.6 Å². The Bertz CT molecular complexity index is 431. The van der Waals surface area contributed by atoms with Crippen LogP contribution in [0.4, 0.5) is 10.5 Å². The number of urea groups is 1. The SMILES string of the molecule is Cc1ccc(NC(=O)NC2CCSC2=O)cc1. The Morgan fingerprint density at radius 1 is 1.35 bits per heavy atom. The van der Waals surface area contributed by atoms with E-state index < -0.39 is 0 Å². The van der Waals surface area contributed by atoms with Crippen molar-refractivity contribution in [2.45, 2.75) is 19.4 Å². The average Bonchev–Trinajstić information content (AvgIpc) is 2.68. The fourth-order valence-corrected chi connectivity index (χ4v) is 2.52. The molecule has 1 unspecified atom stereocenters. The molecule has 2 amide bonds. The molecular weight excluding hydrogens is 236 g/mol. The Kier molecular flexibility index (Phi) is 3.68. The van der Waals surface area contributed by atoms with Gasteiger partial charge in [-0.3, -0.25) is 4.79 Å². The number of nitrogens with one attached hydrogen (secondary N) is 2. The number of benzene rings is 1. The first-order chi connectivity index (χ1) is 8.15. The standard InChI is InChI=1S/C12H14N2O2S/c1-8-2-4-9(5-3-8)13-12(16)14-10-6-7-17-11(10)15/h2-5,10H,6-7H2,1H3,(H2,13,14,16). The van der Waals surface area contributed by atoms with E-state index in [1.54, 1.807) is 0 Å². The summed E-state index contributed by atoms with van der Waals surface area (Å²) in [5.74, 6) is 0.786. The average molecular weight is 250 g/mol. The summed E-state index contributed by atoms with van der Waals surface area (Å²) in [6, 6.07) is 6.85. The van der Waals surface area contributed by atoms with Gasteiger partial charge in [0.1, 0.15) is 6.04 Å². The van der Waals surface area contributed by atoms with Crippen LogP contribution in [0, 0.1) is 6.92 Å². The van der Waals surface area contributed by atoms with Gasteiger partial charge in [0.15, 0.2) is 0 Å². The summed E-state index contributed by atoms with van der Waals surface area (Å²) in [5, 5.41) is 5.42. The van der Waals surface area contributed by atoms with Gasteiger partial charge in [0, 0.05) is 11.4 Å². The van der Waals surface area contributed by atoms with Crippen LogP contribution in [-0.4, -0.2) is 22.9 Å². The third kappa shape index (κ3) is 3.23. The summed E-state index contributed by atoms with van der Waals surface area (Å²) in [4.78, 5) is 22.9. The Labute approximate surface area is 104 Å². The predicted octanol–water partition coefficient (Wildman–Crippen LogP) is 2.15. The molecule has 0 saturated carbocycles. The Balaban J connectivity index is 1.88. The predicted molar refractivity (Wildman–Crippen MR) is 69.2 cm³/mol. The number of rotatable bonds is 2. The lowest BCUT2D eigenvalue weighted by atomic mass is 10.2. The minimum atomic E-state index is -0.342. The van der Waals surface area contributed by atoms with E-state index in [2.05, 4.69) is 10.6 Å². The lowest BCUT2D eigenvalue weighted by Crippen LogP contribution is -2.39. The van der Waals surface area contributed by atoms with Crippen molar-refractivity contribution in [1.29, 1.82) is 0 Å². The number of carbonyl (C=O) groups is 2. The van der Waals surface area contributed by atoms with Gasteiger partial charge in [0.05, 0.1) is 0 Å². The molecule has 5 heteroatoms. The summed E-state index contributed by atoms with van der Waals surface area (Å²) < 4.78 is 0. The van der Waals surface area contributed by atoms with Crippen molar-refractivity contribution < 1.29 is 9.59 Å². The highest BCUT2D eigenvalue weighted by molar-refractivity contribution is 8.14. The molecule has 90 valence electrons. The molecule has 1 saturated heterocycles. The second-order valence-electron chi connectivity index (χ2n) is 3.97. The Morgan fingerprint density at radius 2 is 2.06 bits per heavy atom. The van der Waals surface area contributed by atoms with E-state index >= 15 is 0 Å². The first kappa shape index (κ1) is 12.0. The highest BCUT2D eigenvalue weighted by Gasteiger charge is 2.26. The molecule has 0 radical (unpaired) electrons. The van der Waals surface area contributed by atoms with Crippen molar-refractivity contribution in [2.75, 3.05) is 11.1 Å². The summed E-state index contributed by atoms with van der Waals surface area (Å²) in [5.41, 5.74) is 1.87. The highest BCUT2D eigenvalue weighted by Crippen LogP contribution is 2.19. The number of carbonyl (C=O) groups excluding carboxylic acids is 2. The molecule has 0 spiro atoms. The molecule has 4 nitrogen and oxygen atoms in total. The zero-order valence-electron chi connectivity index (χ0n) is 9.53. The number of anilines is 1. The fraction of sp³-hybridized carbons (Fsp3) is 0.333. The van der Waals surface area contributed by atoms with E-state index in [4.69, 9.17) is 0 Å². The van der Waals surface area contributed by atoms with E-state index in [0.717, 1.165) is 17.0 Å². The molecule has 0 bridgehead atoms. The second kappa shape index (κ2) is 5.23. The summed E-state index contributed by atoms with van der Waals surface area (Å²) in [6.07, 6.45) is 0.713. The highest BCUT2D eigenvalue weighted by atomic mass is 32.2. The summed E-state index contributed by atoms with van der Waals surface area (Å²) in [6.45, 7) is 1.98. The van der Waals surface area contributed by atoms with Gasteiger partial charge in [0.2, 0.25) is 5.12 Å². The molecule has 1 aliphatic rings. The smallest absolute Gasteiger partial charge is 0.319 e. The van der Waals surface area contributed by atoms with Gasteiger partial charge in [-0.2, -0.15) is 0 Å². The van der Waals surface area contributed by atoms with E-state index in [1.807, 2.05) is 31.2 Å². The van der Waals surface area contributed by atoms with Crippen LogP contribution in [0.2, 0.25) is 0 Å². The van der Waals surface area contributed by atoms with Gasteiger partial charge in [-0.1, -0.05) is 29.5 Å². The van der Waals surface area contributed by atoms with Crippen molar-refractivity contribution in [2.24, 2.45) is 0 Å². The first-order valence-corrected chi connectivity index (χ1v) is 6.44. The van der Waals surface area contributed by atoms with Crippen molar-refractivity contribution in [3.63, 3.8) is 0 Å². The molecule has 2 N–H and O–H groups in total. The Hall–Kier alpha value is -1.49. The first-order valence-electron chi connectivity index (χ1n) is 5.46. The molecule has 0 aromatic heterocycles. The van der Waals surface area contributed by atoms with Crippen molar-refractivity contribution in [3.05, 3.63) is 29.8 Å². The number of hydrogen-bond donors (Lipinski definition) is 2. The number of thioether (sulfide) groups is 1. The van der Waals surface area contributed by atoms with Gasteiger partial charge >= 0.3 is 6.03 Å². The molecule has 1 aliphatic heterocycles. The molecule has 1 aromatic carbocycles. The molecular formula is C12H14N2O2S. The quantitative estimate of drug-likeness (QED) is 0.845. The van der Waals surface area contributed by atoms with Gasteiger partial charge in [-0.15, -0.1) is 0 Å². The molecule has 1 aromatic rings. The topological polar surface area (TPSA) is 58.2 Å². The zero-order valence-corrected chi connectivity index (χ0v) is 10.3. The third-order valence-electron chi connectivity index (χ3n) is 2.55. The van der Waals surface area contributed by atoms with Crippen molar-refractivity contribution in [1.82, 2.24) is 5.32 Å². The van der Waals surface area contributed by atoms with Gasteiger partial charge < -0.3 is 10.6 Å². The molecule has 1 atom stereocenters. The van der Waals surface area contributed by atoms with Crippen LogP contribution in [0.25, 0.3) is 0 Å². The second-order valence-corrected chi connectivity index (χ2v) is 5.07. The van der Waals surface area contributed by atoms with Crippen LogP contribution in [0.5, 0.6) is 0 Å².